The molecule has 0 bridgehead atoms. The van der Waals surface area contributed by atoms with Gasteiger partial charge in [0.05, 0.1) is 5.92 Å². The molecule has 0 saturated heterocycles. The van der Waals surface area contributed by atoms with Crippen LogP contribution < -0.4 is 0 Å². The number of unbranched alkanes of at least 4 members (excludes halogenated alkanes) is 19. The van der Waals surface area contributed by atoms with Gasteiger partial charge in [-0.3, -0.25) is 0 Å². The summed E-state index contributed by atoms with van der Waals surface area (Å²) in [7, 11) is 0. The van der Waals surface area contributed by atoms with E-state index in [1.54, 1.807) is 0 Å². The van der Waals surface area contributed by atoms with Crippen molar-refractivity contribution in [2.45, 2.75) is 168 Å². The van der Waals surface area contributed by atoms with E-state index in [9.17, 15) is 0 Å². The molecule has 39 heavy (non-hydrogen) atoms. The van der Waals surface area contributed by atoms with Crippen molar-refractivity contribution < 1.29 is 0 Å². The van der Waals surface area contributed by atoms with Crippen LogP contribution in [-0.2, 0) is 6.42 Å². The molecule has 0 N–H and O–H groups in total. The van der Waals surface area contributed by atoms with Crippen LogP contribution in [0.5, 0.6) is 0 Å². The van der Waals surface area contributed by atoms with Gasteiger partial charge in [-0.1, -0.05) is 189 Å². The summed E-state index contributed by atoms with van der Waals surface area (Å²) in [4.78, 5) is 9.47. The molecular formula is C37H63N2+. The van der Waals surface area contributed by atoms with Crippen molar-refractivity contribution >= 4 is 12.4 Å². The Morgan fingerprint density at radius 2 is 0.923 bits per heavy atom. The van der Waals surface area contributed by atoms with Crippen LogP contribution >= 0.6 is 0 Å². The van der Waals surface area contributed by atoms with E-state index in [2.05, 4.69) is 44.2 Å². The molecular weight excluding hydrogens is 472 g/mol. The summed E-state index contributed by atoms with van der Waals surface area (Å²) in [5.74, 6) is 1.14. The Balaban J connectivity index is 1.75. The molecule has 1 aromatic rings. The van der Waals surface area contributed by atoms with Crippen molar-refractivity contribution in [3.63, 3.8) is 0 Å². The lowest BCUT2D eigenvalue weighted by atomic mass is 9.78. The fraction of sp³-hybridized carbons (Fsp3) is 0.757. The number of hydrogen-bond donors (Lipinski definition) is 0. The Bertz CT molecular complexity index is 697. The molecule has 0 aliphatic carbocycles. The first kappa shape index (κ1) is 33.6. The van der Waals surface area contributed by atoms with Crippen molar-refractivity contribution in [2.75, 3.05) is 0 Å². The zero-order valence-corrected chi connectivity index (χ0v) is 26.1. The first-order valence-corrected chi connectivity index (χ1v) is 17.3. The summed E-state index contributed by atoms with van der Waals surface area (Å²) in [5, 5.41) is 0. The smallest absolute Gasteiger partial charge is 0.0965 e. The third-order valence-corrected chi connectivity index (χ3v) is 8.77. The van der Waals surface area contributed by atoms with E-state index in [0.29, 0.717) is 11.8 Å². The molecule has 2 nitrogen and oxygen atoms in total. The summed E-state index contributed by atoms with van der Waals surface area (Å²) in [6.07, 6.45) is 38.1. The minimum Gasteiger partial charge on any atom is -0.0965 e. The molecule has 0 amide bonds. The van der Waals surface area contributed by atoms with Gasteiger partial charge < -0.3 is 0 Å². The molecule has 220 valence electrons. The van der Waals surface area contributed by atoms with Gasteiger partial charge in [-0.25, -0.2) is 0 Å². The molecule has 2 heteroatoms. The predicted octanol–water partition coefficient (Wildman–Crippen LogP) is 12.1. The van der Waals surface area contributed by atoms with Crippen LogP contribution in [0.25, 0.3) is 0 Å². The largest absolute Gasteiger partial charge is 0.244 e. The number of hydrogen-bond acceptors (Lipinski definition) is 2. The van der Waals surface area contributed by atoms with Gasteiger partial charge in [0.15, 0.2) is 12.4 Å². The molecule has 2 rings (SSSR count). The Hall–Kier alpha value is -1.57. The third kappa shape index (κ3) is 17.0. The van der Waals surface area contributed by atoms with Gasteiger partial charge in [-0.15, -0.1) is 0 Å². The van der Waals surface area contributed by atoms with E-state index in [4.69, 9.17) is 9.98 Å². The van der Waals surface area contributed by atoms with Crippen LogP contribution in [0.15, 0.2) is 40.3 Å². The lowest BCUT2D eigenvalue weighted by Crippen LogP contribution is -2.22. The Labute approximate surface area is 244 Å². The van der Waals surface area contributed by atoms with Crippen molar-refractivity contribution in [2.24, 2.45) is 21.8 Å². The fourth-order valence-electron chi connectivity index (χ4n) is 6.30. The molecule has 2 unspecified atom stereocenters. The Morgan fingerprint density at radius 1 is 0.513 bits per heavy atom. The summed E-state index contributed by atoms with van der Waals surface area (Å²) in [5.41, 5.74) is 1.48. The van der Waals surface area contributed by atoms with Crippen LogP contribution in [0.4, 0.5) is 0 Å². The highest BCUT2D eigenvalue weighted by molar-refractivity contribution is 6.18. The van der Waals surface area contributed by atoms with Gasteiger partial charge in [0.25, 0.3) is 0 Å². The van der Waals surface area contributed by atoms with E-state index in [1.165, 1.54) is 153 Å². The van der Waals surface area contributed by atoms with Gasteiger partial charge in [-0.2, -0.15) is 0 Å². The normalized spacial score (nSPS) is 14.4. The number of rotatable bonds is 27. The molecule has 0 aromatic heterocycles. The minimum absolute atomic E-state index is 0.498. The summed E-state index contributed by atoms with van der Waals surface area (Å²) in [6, 6.07) is 11.2. The van der Waals surface area contributed by atoms with Gasteiger partial charge >= 0.3 is 0 Å². The standard InChI is InChI=1S/C37H63N2/c1-3-5-7-9-11-13-14-15-17-18-20-25-29-35(33-34-27-23-22-24-28-34)36(37-38-31-32-39-37)30-26-21-19-16-12-10-8-6-4-2/h22-24,27-28,31-32,35-36H,3-21,25-26,29-30,33H2,1-2H3/q+1. The summed E-state index contributed by atoms with van der Waals surface area (Å²) in [6.45, 7) is 4.60. The van der Waals surface area contributed by atoms with E-state index >= 15 is 0 Å². The van der Waals surface area contributed by atoms with Crippen molar-refractivity contribution in [3.05, 3.63) is 42.1 Å². The van der Waals surface area contributed by atoms with Crippen LogP contribution in [-0.4, -0.2) is 12.4 Å². The zero-order valence-electron chi connectivity index (χ0n) is 26.1. The maximum Gasteiger partial charge on any atom is 0.244 e. The monoisotopic (exact) mass is 535 g/mol. The van der Waals surface area contributed by atoms with Crippen molar-refractivity contribution in [1.29, 1.82) is 0 Å². The van der Waals surface area contributed by atoms with Gasteiger partial charge in [0.2, 0.25) is 6.17 Å². The lowest BCUT2D eigenvalue weighted by molar-refractivity contribution is 0.284. The second-order valence-electron chi connectivity index (χ2n) is 12.3. The highest BCUT2D eigenvalue weighted by Crippen LogP contribution is 2.37. The molecule has 0 saturated carbocycles. The third-order valence-electron chi connectivity index (χ3n) is 8.77. The van der Waals surface area contributed by atoms with E-state index in [-0.39, 0.29) is 0 Å². The topological polar surface area (TPSA) is 24.7 Å². The van der Waals surface area contributed by atoms with Crippen LogP contribution in [0.2, 0.25) is 0 Å². The van der Waals surface area contributed by atoms with Gasteiger partial charge in [0, 0.05) is 0 Å². The number of benzene rings is 1. The maximum absolute atomic E-state index is 4.73. The van der Waals surface area contributed by atoms with E-state index < -0.39 is 0 Å². The summed E-state index contributed by atoms with van der Waals surface area (Å²) < 4.78 is 0. The summed E-state index contributed by atoms with van der Waals surface area (Å²) >= 11 is 0. The Kier molecular flexibility index (Phi) is 20.9. The number of nitrogens with zero attached hydrogens (tertiary/aromatic N) is 2. The molecule has 1 heterocycles. The molecule has 2 atom stereocenters. The quantitative estimate of drug-likeness (QED) is 0.0790. The van der Waals surface area contributed by atoms with Crippen LogP contribution in [0.1, 0.15) is 167 Å². The minimum atomic E-state index is 0.498. The first-order valence-electron chi connectivity index (χ1n) is 17.3. The molecule has 1 aliphatic rings. The highest BCUT2D eigenvalue weighted by Gasteiger charge is 2.35. The van der Waals surface area contributed by atoms with Gasteiger partial charge in [-0.05, 0) is 30.7 Å². The second-order valence-corrected chi connectivity index (χ2v) is 12.3. The average Bonchev–Trinajstić information content (AvgIpc) is 3.49. The highest BCUT2D eigenvalue weighted by atomic mass is 15.0. The first-order chi connectivity index (χ1) is 19.3. The predicted molar refractivity (Wildman–Crippen MR) is 175 cm³/mol. The molecule has 1 aliphatic heterocycles. The molecule has 1 aromatic carbocycles. The van der Waals surface area contributed by atoms with E-state index in [1.807, 2.05) is 12.4 Å². The van der Waals surface area contributed by atoms with Gasteiger partial charge in [0.1, 0.15) is 0 Å². The van der Waals surface area contributed by atoms with Crippen molar-refractivity contribution in [1.82, 2.24) is 0 Å². The maximum atomic E-state index is 4.73. The van der Waals surface area contributed by atoms with Crippen LogP contribution in [0.3, 0.4) is 0 Å². The number of aliphatic imine (C=N–C) groups is 2. The second kappa shape index (κ2) is 24.2. The molecule has 0 spiro atoms. The average molecular weight is 536 g/mol. The van der Waals surface area contributed by atoms with Crippen LogP contribution in [0, 0.1) is 18.0 Å². The zero-order chi connectivity index (χ0) is 27.6. The molecule has 0 fully saturated rings. The van der Waals surface area contributed by atoms with Crippen molar-refractivity contribution in [3.8, 4) is 0 Å². The molecule has 0 radical (unpaired) electrons. The fourth-order valence-corrected chi connectivity index (χ4v) is 6.30. The van der Waals surface area contributed by atoms with E-state index in [0.717, 1.165) is 12.6 Å². The SMILES string of the molecule is CCCCCCCCCCCCCCC(Cc1ccccc1)C(CCCCCCCCCCC)[C+]1N=CC=N1. The lowest BCUT2D eigenvalue weighted by Gasteiger charge is -2.26. The Morgan fingerprint density at radius 3 is 1.38 bits per heavy atom.